The summed E-state index contributed by atoms with van der Waals surface area (Å²) < 4.78 is 38.7. The molecule has 1 aromatic rings. The van der Waals surface area contributed by atoms with Crippen LogP contribution in [0.15, 0.2) is 24.3 Å². The van der Waals surface area contributed by atoms with Crippen molar-refractivity contribution in [2.45, 2.75) is 12.2 Å². The Morgan fingerprint density at radius 2 is 1.87 bits per heavy atom. The molecule has 0 aromatic heterocycles. The van der Waals surface area contributed by atoms with Crippen molar-refractivity contribution < 1.29 is 18.0 Å². The van der Waals surface area contributed by atoms with Gasteiger partial charge in [-0.1, -0.05) is 12.1 Å². The van der Waals surface area contributed by atoms with Gasteiger partial charge in [-0.25, -0.2) is 4.79 Å². The number of halogens is 3. The summed E-state index contributed by atoms with van der Waals surface area (Å²) in [5.41, 5.74) is -1.08. The van der Waals surface area contributed by atoms with Gasteiger partial charge in [-0.3, -0.25) is 9.80 Å². The molecule has 1 unspecified atom stereocenters. The predicted octanol–water partition coefficient (Wildman–Crippen LogP) is 1.83. The van der Waals surface area contributed by atoms with Crippen LogP contribution in [0.25, 0.3) is 0 Å². The van der Waals surface area contributed by atoms with Gasteiger partial charge in [0.1, 0.15) is 0 Å². The number of anilines is 1. The number of benzene rings is 1. The summed E-state index contributed by atoms with van der Waals surface area (Å²) in [6.45, 7) is 5.36. The van der Waals surface area contributed by atoms with Crippen LogP contribution in [0.5, 0.6) is 0 Å². The van der Waals surface area contributed by atoms with Crippen LogP contribution in [0.4, 0.5) is 23.7 Å². The largest absolute Gasteiger partial charge is 0.418 e. The van der Waals surface area contributed by atoms with Crippen LogP contribution in [0, 0.1) is 0 Å². The molecule has 5 nitrogen and oxygen atoms in total. The first-order valence-electron chi connectivity index (χ1n) is 7.61. The lowest BCUT2D eigenvalue weighted by molar-refractivity contribution is -0.136. The van der Waals surface area contributed by atoms with Crippen molar-refractivity contribution in [1.82, 2.24) is 15.1 Å². The van der Waals surface area contributed by atoms with E-state index in [2.05, 4.69) is 20.4 Å². The maximum Gasteiger partial charge on any atom is 0.418 e. The topological polar surface area (TPSA) is 47.6 Å². The summed E-state index contributed by atoms with van der Waals surface area (Å²) in [7, 11) is 0. The van der Waals surface area contributed by atoms with Crippen molar-refractivity contribution in [1.29, 1.82) is 0 Å². The highest BCUT2D eigenvalue weighted by Crippen LogP contribution is 2.34. The van der Waals surface area contributed by atoms with E-state index in [4.69, 9.17) is 0 Å². The second-order valence-corrected chi connectivity index (χ2v) is 5.87. The number of piperazine rings is 3. The molecule has 0 spiro atoms. The van der Waals surface area contributed by atoms with E-state index in [0.29, 0.717) is 6.54 Å². The quantitative estimate of drug-likeness (QED) is 0.890. The third-order valence-corrected chi connectivity index (χ3v) is 4.37. The lowest BCUT2D eigenvalue weighted by Crippen LogP contribution is -2.63. The maximum atomic E-state index is 12.9. The lowest BCUT2D eigenvalue weighted by Gasteiger charge is -2.47. The molecule has 126 valence electrons. The summed E-state index contributed by atoms with van der Waals surface area (Å²) in [5.74, 6) is 0. The van der Waals surface area contributed by atoms with Gasteiger partial charge in [0, 0.05) is 45.3 Å². The van der Waals surface area contributed by atoms with Crippen molar-refractivity contribution in [2.75, 3.05) is 44.6 Å². The molecule has 2 N–H and O–H groups in total. The summed E-state index contributed by atoms with van der Waals surface area (Å²) in [6.07, 6.45) is -4.49. The fourth-order valence-corrected chi connectivity index (χ4v) is 3.13. The molecular weight excluding hydrogens is 309 g/mol. The molecule has 1 atom stereocenters. The fraction of sp³-hybridized carbons (Fsp3) is 0.533. The first kappa shape index (κ1) is 16.1. The number of nitrogens with one attached hydrogen (secondary N) is 2. The highest BCUT2D eigenvalue weighted by Gasteiger charge is 2.34. The summed E-state index contributed by atoms with van der Waals surface area (Å²) >= 11 is 0. The van der Waals surface area contributed by atoms with Crippen LogP contribution in [0.2, 0.25) is 0 Å². The SMILES string of the molecule is O=C(NCC1CN2CCN1CC2)Nc1ccccc1C(F)(F)F. The van der Waals surface area contributed by atoms with E-state index < -0.39 is 17.8 Å². The Bertz CT molecular complexity index is 570. The number of carbonyl (C=O) groups is 1. The van der Waals surface area contributed by atoms with Crippen LogP contribution in [-0.2, 0) is 6.18 Å². The van der Waals surface area contributed by atoms with Crippen LogP contribution in [-0.4, -0.2) is 61.1 Å². The Balaban J connectivity index is 1.56. The minimum absolute atomic E-state index is 0.223. The van der Waals surface area contributed by atoms with E-state index in [1.807, 2.05) is 0 Å². The molecule has 3 aliphatic heterocycles. The number of nitrogens with zero attached hydrogens (tertiary/aromatic N) is 2. The van der Waals surface area contributed by atoms with Crippen LogP contribution in [0.3, 0.4) is 0 Å². The third-order valence-electron chi connectivity index (χ3n) is 4.37. The first-order valence-corrected chi connectivity index (χ1v) is 7.61. The molecule has 23 heavy (non-hydrogen) atoms. The van der Waals surface area contributed by atoms with Gasteiger partial charge in [0.2, 0.25) is 0 Å². The number of hydrogen-bond donors (Lipinski definition) is 2. The van der Waals surface area contributed by atoms with E-state index >= 15 is 0 Å². The summed E-state index contributed by atoms with van der Waals surface area (Å²) in [5, 5.41) is 4.98. The Hall–Kier alpha value is -1.80. The first-order chi connectivity index (χ1) is 10.9. The minimum Gasteiger partial charge on any atom is -0.336 e. The molecule has 2 bridgehead atoms. The van der Waals surface area contributed by atoms with Gasteiger partial charge in [0.15, 0.2) is 0 Å². The predicted molar refractivity (Wildman–Crippen MR) is 80.3 cm³/mol. The van der Waals surface area contributed by atoms with Gasteiger partial charge >= 0.3 is 12.2 Å². The summed E-state index contributed by atoms with van der Waals surface area (Å²) in [6, 6.07) is 4.58. The van der Waals surface area contributed by atoms with Gasteiger partial charge in [0.05, 0.1) is 11.3 Å². The lowest BCUT2D eigenvalue weighted by atomic mass is 10.1. The maximum absolute atomic E-state index is 12.9. The number of urea groups is 1. The third kappa shape index (κ3) is 3.76. The van der Waals surface area contributed by atoms with Crippen molar-refractivity contribution >= 4 is 11.7 Å². The van der Waals surface area contributed by atoms with Crippen LogP contribution in [0.1, 0.15) is 5.56 Å². The summed E-state index contributed by atoms with van der Waals surface area (Å²) in [4.78, 5) is 16.6. The van der Waals surface area contributed by atoms with Crippen molar-refractivity contribution in [2.24, 2.45) is 0 Å². The molecule has 1 aromatic carbocycles. The standard InChI is InChI=1S/C15H19F3N4O/c16-15(17,18)12-3-1-2-4-13(12)20-14(23)19-9-11-10-21-5-7-22(11)8-6-21/h1-4,11H,5-10H2,(H2,19,20,23). The molecule has 8 heteroatoms. The Morgan fingerprint density at radius 3 is 2.48 bits per heavy atom. The molecule has 3 fully saturated rings. The van der Waals surface area contributed by atoms with E-state index in [9.17, 15) is 18.0 Å². The monoisotopic (exact) mass is 328 g/mol. The van der Waals surface area contributed by atoms with Gasteiger partial charge in [-0.05, 0) is 12.1 Å². The Kier molecular flexibility index (Phi) is 4.45. The van der Waals surface area contributed by atoms with E-state index in [1.54, 1.807) is 0 Å². The molecule has 3 saturated heterocycles. The second-order valence-electron chi connectivity index (χ2n) is 5.87. The van der Waals surface area contributed by atoms with Crippen molar-refractivity contribution in [3.8, 4) is 0 Å². The van der Waals surface area contributed by atoms with E-state index in [1.165, 1.54) is 18.2 Å². The zero-order valence-corrected chi connectivity index (χ0v) is 12.6. The molecule has 2 amide bonds. The minimum atomic E-state index is -4.49. The van der Waals surface area contributed by atoms with Gasteiger partial charge in [-0.2, -0.15) is 13.2 Å². The molecule has 4 rings (SSSR count). The van der Waals surface area contributed by atoms with Crippen LogP contribution >= 0.6 is 0 Å². The average Bonchev–Trinajstić information content (AvgIpc) is 2.53. The van der Waals surface area contributed by atoms with Gasteiger partial charge < -0.3 is 10.6 Å². The number of amides is 2. The molecule has 0 aliphatic carbocycles. The highest BCUT2D eigenvalue weighted by atomic mass is 19.4. The molecular formula is C15H19F3N4O. The van der Waals surface area contributed by atoms with Crippen LogP contribution < -0.4 is 10.6 Å². The number of alkyl halides is 3. The zero-order chi connectivity index (χ0) is 16.4. The molecule has 0 radical (unpaired) electrons. The Morgan fingerprint density at radius 1 is 1.17 bits per heavy atom. The fourth-order valence-electron chi connectivity index (χ4n) is 3.13. The molecule has 3 aliphatic rings. The highest BCUT2D eigenvalue weighted by molar-refractivity contribution is 5.90. The van der Waals surface area contributed by atoms with Gasteiger partial charge in [0.25, 0.3) is 0 Å². The molecule has 3 heterocycles. The zero-order valence-electron chi connectivity index (χ0n) is 12.6. The number of rotatable bonds is 3. The van der Waals surface area contributed by atoms with Crippen molar-refractivity contribution in [3.63, 3.8) is 0 Å². The number of carbonyl (C=O) groups excluding carboxylic acids is 1. The van der Waals surface area contributed by atoms with Crippen molar-refractivity contribution in [3.05, 3.63) is 29.8 Å². The average molecular weight is 328 g/mol. The Labute approximate surface area is 132 Å². The van der Waals surface area contributed by atoms with Gasteiger partial charge in [-0.15, -0.1) is 0 Å². The van der Waals surface area contributed by atoms with E-state index in [0.717, 1.165) is 38.8 Å². The second kappa shape index (κ2) is 6.37. The number of hydrogen-bond acceptors (Lipinski definition) is 3. The number of fused-ring (bicyclic) bond motifs is 3. The number of para-hydroxylation sites is 1. The smallest absolute Gasteiger partial charge is 0.336 e. The molecule has 0 saturated carbocycles. The normalized spacial score (nSPS) is 26.8. The van der Waals surface area contributed by atoms with E-state index in [-0.39, 0.29) is 11.7 Å².